The van der Waals surface area contributed by atoms with Crippen LogP contribution in [0, 0.1) is 17.8 Å². The van der Waals surface area contributed by atoms with Crippen molar-refractivity contribution in [3.8, 4) is 11.8 Å². The van der Waals surface area contributed by atoms with Crippen LogP contribution < -0.4 is 10.6 Å². The molecule has 0 radical (unpaired) electrons. The lowest BCUT2D eigenvalue weighted by atomic mass is 10.1. The van der Waals surface area contributed by atoms with E-state index in [1.54, 1.807) is 25.7 Å². The SMILES string of the molecule is CNc1ncc(C#Cc2ccnc(CN3CC(OC)C3)c2)c2cc(NC(=O)C3CC3)ncc12. The number of ether oxygens (including phenoxy) is 1. The van der Waals surface area contributed by atoms with E-state index in [4.69, 9.17) is 4.74 Å². The number of nitrogens with one attached hydrogen (secondary N) is 2. The third-order valence-corrected chi connectivity index (χ3v) is 6.01. The second-order valence-corrected chi connectivity index (χ2v) is 8.49. The van der Waals surface area contributed by atoms with Gasteiger partial charge in [-0.15, -0.1) is 0 Å². The molecule has 1 aliphatic heterocycles. The van der Waals surface area contributed by atoms with E-state index < -0.39 is 0 Å². The van der Waals surface area contributed by atoms with Crippen molar-refractivity contribution in [3.63, 3.8) is 0 Å². The number of anilines is 2. The first-order valence-electron chi connectivity index (χ1n) is 11.1. The summed E-state index contributed by atoms with van der Waals surface area (Å²) in [6, 6.07) is 5.80. The number of carbonyl (C=O) groups excluding carboxylic acids is 1. The molecule has 1 amide bonds. The summed E-state index contributed by atoms with van der Waals surface area (Å²) in [5.74, 6) is 7.90. The van der Waals surface area contributed by atoms with Gasteiger partial charge < -0.3 is 15.4 Å². The van der Waals surface area contributed by atoms with Gasteiger partial charge in [-0.25, -0.2) is 9.97 Å². The summed E-state index contributed by atoms with van der Waals surface area (Å²) >= 11 is 0. The number of aromatic nitrogens is 3. The van der Waals surface area contributed by atoms with Gasteiger partial charge in [-0.2, -0.15) is 0 Å². The van der Waals surface area contributed by atoms with Gasteiger partial charge in [-0.05, 0) is 31.0 Å². The lowest BCUT2D eigenvalue weighted by Crippen LogP contribution is -2.51. The number of hydrogen-bond donors (Lipinski definition) is 2. The van der Waals surface area contributed by atoms with E-state index in [9.17, 15) is 4.79 Å². The lowest BCUT2D eigenvalue weighted by Gasteiger charge is -2.37. The number of rotatable bonds is 6. The first-order valence-corrected chi connectivity index (χ1v) is 11.1. The molecule has 1 aliphatic carbocycles. The highest BCUT2D eigenvalue weighted by atomic mass is 16.5. The highest BCUT2D eigenvalue weighted by Crippen LogP contribution is 2.31. The normalized spacial score (nSPS) is 16.1. The number of fused-ring (bicyclic) bond motifs is 1. The Morgan fingerprint density at radius 3 is 2.76 bits per heavy atom. The molecule has 2 fully saturated rings. The first kappa shape index (κ1) is 21.3. The Bertz CT molecular complexity index is 1250. The summed E-state index contributed by atoms with van der Waals surface area (Å²) in [6.45, 7) is 2.64. The fourth-order valence-corrected chi connectivity index (χ4v) is 3.89. The van der Waals surface area contributed by atoms with Crippen LogP contribution in [0.5, 0.6) is 0 Å². The van der Waals surface area contributed by atoms with Gasteiger partial charge in [0, 0.05) is 74.6 Å². The Hall–Kier alpha value is -3.54. The zero-order valence-electron chi connectivity index (χ0n) is 18.8. The van der Waals surface area contributed by atoms with Crippen molar-refractivity contribution in [2.45, 2.75) is 25.5 Å². The third-order valence-electron chi connectivity index (χ3n) is 6.01. The summed E-state index contributed by atoms with van der Waals surface area (Å²) in [4.78, 5) is 27.8. The van der Waals surface area contributed by atoms with Gasteiger partial charge in [-0.1, -0.05) is 11.8 Å². The minimum atomic E-state index is 0.0284. The molecule has 8 nitrogen and oxygen atoms in total. The van der Waals surface area contributed by atoms with Gasteiger partial charge in [0.25, 0.3) is 0 Å². The Kier molecular flexibility index (Phi) is 5.90. The van der Waals surface area contributed by atoms with E-state index in [1.165, 1.54) is 0 Å². The Balaban J connectivity index is 1.40. The largest absolute Gasteiger partial charge is 0.379 e. The minimum absolute atomic E-state index is 0.0284. The van der Waals surface area contributed by atoms with Gasteiger partial charge in [0.2, 0.25) is 5.91 Å². The van der Waals surface area contributed by atoms with Crippen LogP contribution in [0.15, 0.2) is 36.8 Å². The molecular formula is C25H26N6O2. The van der Waals surface area contributed by atoms with Crippen molar-refractivity contribution >= 4 is 28.3 Å². The number of pyridine rings is 3. The molecule has 0 spiro atoms. The van der Waals surface area contributed by atoms with Crippen LogP contribution in [0.4, 0.5) is 11.6 Å². The summed E-state index contributed by atoms with van der Waals surface area (Å²) in [5, 5.41) is 7.76. The molecule has 2 aliphatic rings. The topological polar surface area (TPSA) is 92.3 Å². The van der Waals surface area contributed by atoms with Crippen LogP contribution in [0.1, 0.15) is 29.7 Å². The monoisotopic (exact) mass is 442 g/mol. The molecule has 3 aromatic heterocycles. The van der Waals surface area contributed by atoms with Gasteiger partial charge in [0.1, 0.15) is 11.6 Å². The van der Waals surface area contributed by atoms with Crippen LogP contribution in [-0.4, -0.2) is 59.1 Å². The smallest absolute Gasteiger partial charge is 0.228 e. The van der Waals surface area contributed by atoms with Crippen molar-refractivity contribution in [3.05, 3.63) is 53.6 Å². The molecule has 4 heterocycles. The molecule has 1 saturated heterocycles. The molecule has 0 bridgehead atoms. The number of likely N-dealkylation sites (tertiary alicyclic amines) is 1. The average molecular weight is 443 g/mol. The summed E-state index contributed by atoms with van der Waals surface area (Å²) in [5.41, 5.74) is 2.66. The van der Waals surface area contributed by atoms with Crippen molar-refractivity contribution in [1.29, 1.82) is 0 Å². The van der Waals surface area contributed by atoms with Crippen molar-refractivity contribution < 1.29 is 9.53 Å². The Morgan fingerprint density at radius 1 is 1.15 bits per heavy atom. The average Bonchev–Trinajstić information content (AvgIpc) is 3.65. The van der Waals surface area contributed by atoms with E-state index >= 15 is 0 Å². The second-order valence-electron chi connectivity index (χ2n) is 8.49. The molecule has 3 aromatic rings. The van der Waals surface area contributed by atoms with Gasteiger partial charge >= 0.3 is 0 Å². The fraction of sp³-hybridized carbons (Fsp3) is 0.360. The van der Waals surface area contributed by atoms with E-state index in [-0.39, 0.29) is 11.8 Å². The standard InChI is InChI=1S/C25H26N6O2/c1-26-24-22-12-28-23(30-25(32)17-5-6-17)10-21(22)18(11-29-24)4-3-16-7-8-27-19(9-16)13-31-14-20(15-31)33-2/h7-12,17,20H,5-6,13-15H2,1-2H3,(H,26,29)(H,28,30,32). The van der Waals surface area contributed by atoms with Gasteiger partial charge in [-0.3, -0.25) is 14.7 Å². The highest BCUT2D eigenvalue weighted by Gasteiger charge is 2.30. The minimum Gasteiger partial charge on any atom is -0.379 e. The molecule has 168 valence electrons. The third kappa shape index (κ3) is 4.80. The molecule has 1 saturated carbocycles. The number of methoxy groups -OCH3 is 1. The summed E-state index contributed by atoms with van der Waals surface area (Å²) < 4.78 is 5.34. The number of hydrogen-bond acceptors (Lipinski definition) is 7. The first-order chi connectivity index (χ1) is 16.1. The van der Waals surface area contributed by atoms with Crippen LogP contribution in [0.3, 0.4) is 0 Å². The Labute approximate surface area is 192 Å². The number of nitrogens with zero attached hydrogens (tertiary/aromatic N) is 4. The second kappa shape index (κ2) is 9.14. The van der Waals surface area contributed by atoms with Crippen LogP contribution in [0.2, 0.25) is 0 Å². The maximum Gasteiger partial charge on any atom is 0.228 e. The zero-order valence-corrected chi connectivity index (χ0v) is 18.8. The summed E-state index contributed by atoms with van der Waals surface area (Å²) in [7, 11) is 3.57. The molecular weight excluding hydrogens is 416 g/mol. The van der Waals surface area contributed by atoms with Gasteiger partial charge in [0.15, 0.2) is 0 Å². The van der Waals surface area contributed by atoms with Crippen molar-refractivity contribution in [2.75, 3.05) is 37.9 Å². The lowest BCUT2D eigenvalue weighted by molar-refractivity contribution is -0.117. The van der Waals surface area contributed by atoms with E-state index in [0.29, 0.717) is 11.9 Å². The van der Waals surface area contributed by atoms with Crippen molar-refractivity contribution in [2.24, 2.45) is 5.92 Å². The highest BCUT2D eigenvalue weighted by molar-refractivity contribution is 5.99. The maximum atomic E-state index is 12.2. The number of carbonyl (C=O) groups is 1. The fourth-order valence-electron chi connectivity index (χ4n) is 3.89. The summed E-state index contributed by atoms with van der Waals surface area (Å²) in [6.07, 6.45) is 7.49. The quantitative estimate of drug-likeness (QED) is 0.567. The van der Waals surface area contributed by atoms with E-state index in [2.05, 4.69) is 42.3 Å². The van der Waals surface area contributed by atoms with E-state index in [1.807, 2.05) is 25.2 Å². The predicted molar refractivity (Wildman–Crippen MR) is 127 cm³/mol. The van der Waals surface area contributed by atoms with Crippen LogP contribution in [0.25, 0.3) is 10.8 Å². The van der Waals surface area contributed by atoms with Gasteiger partial charge in [0.05, 0.1) is 17.4 Å². The maximum absolute atomic E-state index is 12.2. The molecule has 8 heteroatoms. The molecule has 33 heavy (non-hydrogen) atoms. The van der Waals surface area contributed by atoms with Crippen LogP contribution >= 0.6 is 0 Å². The number of amides is 1. The van der Waals surface area contributed by atoms with Crippen molar-refractivity contribution in [1.82, 2.24) is 19.9 Å². The molecule has 5 rings (SSSR count). The predicted octanol–water partition coefficient (Wildman–Crippen LogP) is 2.65. The molecule has 0 aromatic carbocycles. The Morgan fingerprint density at radius 2 is 2.00 bits per heavy atom. The molecule has 0 atom stereocenters. The van der Waals surface area contributed by atoms with E-state index in [0.717, 1.165) is 65.9 Å². The zero-order chi connectivity index (χ0) is 22.8. The molecule has 2 N–H and O–H groups in total. The molecule has 0 unspecified atom stereocenters. The van der Waals surface area contributed by atoms with Crippen LogP contribution in [-0.2, 0) is 16.1 Å².